The fourth-order valence-electron chi connectivity index (χ4n) is 3.65. The zero-order valence-corrected chi connectivity index (χ0v) is 21.0. The number of carbonyl (C=O) groups excluding carboxylic acids is 1. The van der Waals surface area contributed by atoms with Crippen LogP contribution in [0.2, 0.25) is 0 Å². The Hall–Kier alpha value is -4.86. The summed E-state index contributed by atoms with van der Waals surface area (Å²) in [5.74, 6) is -20.1. The van der Waals surface area contributed by atoms with Crippen molar-refractivity contribution in [2.45, 2.75) is 31.1 Å². The van der Waals surface area contributed by atoms with E-state index in [9.17, 15) is 76.3 Å². The molecule has 3 aromatic rings. The molecule has 0 saturated heterocycles. The van der Waals surface area contributed by atoms with Crippen LogP contribution in [-0.4, -0.2) is 94.2 Å². The molecule has 0 atom stereocenters. The quantitative estimate of drug-likeness (QED) is 0.0687. The van der Waals surface area contributed by atoms with Crippen LogP contribution in [0.15, 0.2) is 0 Å². The molecular weight excluding hydrogens is 580 g/mol. The lowest BCUT2D eigenvalue weighted by Crippen LogP contribution is -2.60. The van der Waals surface area contributed by atoms with E-state index in [0.717, 1.165) is 0 Å². The molecule has 1 aromatic heterocycles. The number of nitrogens with two attached hydrogens (primary N) is 1. The van der Waals surface area contributed by atoms with Crippen LogP contribution < -0.4 is 16.4 Å². The van der Waals surface area contributed by atoms with Crippen molar-refractivity contribution in [1.29, 1.82) is 0 Å². The van der Waals surface area contributed by atoms with Gasteiger partial charge in [0.15, 0.2) is 44.7 Å². The summed E-state index contributed by atoms with van der Waals surface area (Å²) in [4.78, 5) is 16.0. The number of thiazole rings is 1. The molecular formula is C21H24N4O15S. The number of aromatic hydroxyl groups is 10. The van der Waals surface area contributed by atoms with Gasteiger partial charge in [-0.3, -0.25) is 4.79 Å². The molecule has 2 aromatic carbocycles. The Bertz CT molecular complexity index is 1460. The minimum Gasteiger partial charge on any atom is -0.504 e. The predicted octanol–water partition coefficient (Wildman–Crippen LogP) is -2.39. The van der Waals surface area contributed by atoms with Crippen molar-refractivity contribution in [3.63, 3.8) is 0 Å². The lowest BCUT2D eigenvalue weighted by atomic mass is 10.0. The summed E-state index contributed by atoms with van der Waals surface area (Å²) >= 11 is 0.661. The van der Waals surface area contributed by atoms with Gasteiger partial charge >= 0.3 is 0 Å². The fraction of sp³-hybridized carbons (Fsp3) is 0.238. The van der Waals surface area contributed by atoms with Crippen molar-refractivity contribution in [3.8, 4) is 56.8 Å². The van der Waals surface area contributed by atoms with Gasteiger partial charge in [0.2, 0.25) is 35.0 Å². The normalized spacial score (nSPS) is 12.0. The number of rotatable bonds is 9. The van der Waals surface area contributed by atoms with E-state index in [0.29, 0.717) is 11.3 Å². The summed E-state index contributed by atoms with van der Waals surface area (Å²) in [5.41, 5.74) is 2.29. The topological polar surface area (TPSA) is 363 Å². The molecule has 0 radical (unpaired) electrons. The Morgan fingerprint density at radius 3 is 1.46 bits per heavy atom. The third kappa shape index (κ3) is 6.16. The van der Waals surface area contributed by atoms with E-state index in [-0.39, 0.29) is 10.8 Å². The maximum absolute atomic E-state index is 12.3. The number of amides is 1. The third-order valence-electron chi connectivity index (χ3n) is 5.50. The van der Waals surface area contributed by atoms with Gasteiger partial charge in [0.1, 0.15) is 11.4 Å². The fourth-order valence-corrected chi connectivity index (χ4v) is 4.24. The first-order valence-electron chi connectivity index (χ1n) is 10.9. The number of anilines is 2. The maximum atomic E-state index is 12.3. The van der Waals surface area contributed by atoms with Gasteiger partial charge in [-0.2, -0.15) is 0 Å². The van der Waals surface area contributed by atoms with Gasteiger partial charge in [-0.25, -0.2) is 10.3 Å². The van der Waals surface area contributed by atoms with Crippen molar-refractivity contribution < 1.29 is 76.3 Å². The first-order chi connectivity index (χ1) is 18.8. The Balaban J connectivity index is 1.84. The average molecular weight is 605 g/mol. The highest BCUT2D eigenvalue weighted by atomic mass is 32.1. The van der Waals surface area contributed by atoms with Crippen molar-refractivity contribution in [2.24, 2.45) is 0 Å². The molecule has 3 rings (SSSR count). The summed E-state index contributed by atoms with van der Waals surface area (Å²) in [6.45, 7) is 0. The summed E-state index contributed by atoms with van der Waals surface area (Å²) in [7, 11) is 0. The van der Waals surface area contributed by atoms with Crippen LogP contribution in [-0.2, 0) is 24.1 Å². The van der Waals surface area contributed by atoms with Gasteiger partial charge in [-0.1, -0.05) is 11.3 Å². The van der Waals surface area contributed by atoms with Crippen LogP contribution in [0.3, 0.4) is 0 Å². The summed E-state index contributed by atoms with van der Waals surface area (Å²) < 4.78 is 0. The second kappa shape index (κ2) is 10.6. The minimum atomic E-state index is -3.55. The molecule has 0 unspecified atom stereocenters. The smallest absolute Gasteiger partial charge is 0.230 e. The highest BCUT2D eigenvalue weighted by Crippen LogP contribution is 2.52. The standard InChI is InChI=1S/C21H24N4O15S/c22-19-23-6(18(36)41-19)1-7(26)24-8-13(31)9(27)4(10(28)14(8)32)2-20(37,38)25-21(39,40)3-5-11(29)15(33)17(35)16(34)12(5)30/h25,27-40H,1-3H2,(H2,22,23)(H,24,26). The zero-order valence-electron chi connectivity index (χ0n) is 20.2. The number of nitrogen functional groups attached to an aromatic ring is 1. The maximum Gasteiger partial charge on any atom is 0.230 e. The van der Waals surface area contributed by atoms with Crippen LogP contribution >= 0.6 is 11.3 Å². The third-order valence-corrected chi connectivity index (χ3v) is 6.22. The highest BCUT2D eigenvalue weighted by Gasteiger charge is 2.40. The van der Waals surface area contributed by atoms with Crippen LogP contribution in [0.25, 0.3) is 0 Å². The number of aliphatic hydroxyl groups is 4. The van der Waals surface area contributed by atoms with E-state index in [2.05, 4.69) is 4.98 Å². The van der Waals surface area contributed by atoms with E-state index in [1.165, 1.54) is 5.32 Å². The highest BCUT2D eigenvalue weighted by molar-refractivity contribution is 7.17. The Morgan fingerprint density at radius 1 is 0.683 bits per heavy atom. The molecule has 0 aliphatic heterocycles. The lowest BCUT2D eigenvalue weighted by molar-refractivity contribution is -0.284. The largest absolute Gasteiger partial charge is 0.504 e. The Kier molecular flexibility index (Phi) is 7.94. The van der Waals surface area contributed by atoms with Gasteiger partial charge in [0.25, 0.3) is 0 Å². The summed E-state index contributed by atoms with van der Waals surface area (Å²) in [6, 6.07) is 0. The van der Waals surface area contributed by atoms with E-state index < -0.39 is 111 Å². The molecule has 18 N–H and O–H groups in total. The molecule has 41 heavy (non-hydrogen) atoms. The van der Waals surface area contributed by atoms with Crippen LogP contribution in [0.4, 0.5) is 10.8 Å². The van der Waals surface area contributed by atoms with E-state index in [4.69, 9.17) is 5.73 Å². The first kappa shape index (κ1) is 30.7. The molecule has 0 saturated carbocycles. The van der Waals surface area contributed by atoms with Gasteiger partial charge in [-0.05, 0) is 0 Å². The molecule has 1 heterocycles. The molecule has 224 valence electrons. The second-order valence-corrected chi connectivity index (χ2v) is 9.62. The molecule has 0 fully saturated rings. The molecule has 1 amide bonds. The van der Waals surface area contributed by atoms with Crippen LogP contribution in [0.1, 0.15) is 16.8 Å². The molecule has 19 nitrogen and oxygen atoms in total. The number of nitrogens with zero attached hydrogens (tertiary/aromatic N) is 1. The van der Waals surface area contributed by atoms with Gasteiger partial charge in [-0.15, -0.1) is 0 Å². The summed E-state index contributed by atoms with van der Waals surface area (Å²) in [5, 5.41) is 143. The van der Waals surface area contributed by atoms with Gasteiger partial charge < -0.3 is 82.5 Å². The minimum absolute atomic E-state index is 0.0662. The zero-order chi connectivity index (χ0) is 31.2. The number of nitrogens with one attached hydrogen (secondary N) is 2. The van der Waals surface area contributed by atoms with E-state index in [1.54, 1.807) is 0 Å². The molecule has 0 spiro atoms. The second-order valence-electron chi connectivity index (χ2n) is 8.61. The molecule has 20 heteroatoms. The number of hydrogen-bond acceptors (Lipinski definition) is 19. The van der Waals surface area contributed by atoms with Crippen molar-refractivity contribution in [3.05, 3.63) is 16.8 Å². The van der Waals surface area contributed by atoms with Crippen molar-refractivity contribution in [1.82, 2.24) is 10.3 Å². The Labute approximate surface area is 230 Å². The number of benzene rings is 2. The number of carbonyl (C=O) groups is 1. The Morgan fingerprint density at radius 2 is 1.07 bits per heavy atom. The van der Waals surface area contributed by atoms with Crippen LogP contribution in [0, 0.1) is 0 Å². The molecule has 0 bridgehead atoms. The predicted molar refractivity (Wildman–Crippen MR) is 133 cm³/mol. The van der Waals surface area contributed by atoms with Crippen molar-refractivity contribution >= 4 is 28.1 Å². The van der Waals surface area contributed by atoms with Gasteiger partial charge in [0, 0.05) is 12.8 Å². The lowest BCUT2D eigenvalue weighted by Gasteiger charge is -2.32. The monoisotopic (exact) mass is 604 g/mol. The number of aromatic nitrogens is 1. The van der Waals surface area contributed by atoms with E-state index in [1.807, 2.05) is 5.32 Å². The number of hydrogen-bond donors (Lipinski definition) is 17. The van der Waals surface area contributed by atoms with Gasteiger partial charge in [0.05, 0.1) is 17.5 Å². The average Bonchev–Trinajstić information content (AvgIpc) is 3.18. The van der Waals surface area contributed by atoms with E-state index >= 15 is 0 Å². The summed E-state index contributed by atoms with van der Waals surface area (Å²) in [6.07, 6.45) is -3.47. The first-order valence-corrected chi connectivity index (χ1v) is 11.7. The number of phenols is 9. The molecule has 0 aliphatic carbocycles. The SMILES string of the molecule is Nc1nc(CC(=O)Nc2c(O)c(O)c(CC(O)(O)NC(O)(O)Cc3c(O)c(O)c(O)c(O)c3O)c(O)c2O)c(O)s1. The molecule has 0 aliphatic rings. The van der Waals surface area contributed by atoms with Crippen LogP contribution in [0.5, 0.6) is 56.8 Å². The number of phenolic OH excluding ortho intramolecular Hbond substituents is 9. The van der Waals surface area contributed by atoms with Crippen molar-refractivity contribution in [2.75, 3.05) is 11.1 Å².